The van der Waals surface area contributed by atoms with Gasteiger partial charge >= 0.3 is 11.9 Å². The summed E-state index contributed by atoms with van der Waals surface area (Å²) < 4.78 is 24.8. The van der Waals surface area contributed by atoms with E-state index in [1.807, 2.05) is 6.92 Å². The second kappa shape index (κ2) is 12.1. The number of carbonyl (C=O) groups excluding carboxylic acids is 1. The Labute approximate surface area is 258 Å². The van der Waals surface area contributed by atoms with Gasteiger partial charge in [0.1, 0.15) is 11.5 Å². The van der Waals surface area contributed by atoms with E-state index in [-0.39, 0.29) is 23.3 Å². The number of allylic oxidation sites excluding steroid dienone is 1. The maximum Gasteiger partial charge on any atom is 0.338 e. The third kappa shape index (κ3) is 5.55. The number of hydrogen-bond acceptors (Lipinski definition) is 9. The Morgan fingerprint density at radius 3 is 2.51 bits per heavy atom. The predicted molar refractivity (Wildman–Crippen MR) is 163 cm³/mol. The summed E-state index contributed by atoms with van der Waals surface area (Å²) in [5.74, 6) is 0.132. The number of ether oxygens (including phenoxy) is 3. The number of aromatic carboxylic acids is 1. The van der Waals surface area contributed by atoms with Gasteiger partial charge in [0, 0.05) is 16.1 Å². The van der Waals surface area contributed by atoms with Crippen LogP contribution in [0.5, 0.6) is 11.5 Å². The predicted octanol–water partition coefficient (Wildman–Crippen LogP) is 4.84. The molecule has 0 amide bonds. The van der Waals surface area contributed by atoms with Crippen LogP contribution in [0.15, 0.2) is 72.4 Å². The Bertz CT molecular complexity index is 1980. The number of carboxylic acids is 1. The highest BCUT2D eigenvalue weighted by Gasteiger charge is 2.35. The number of halogens is 1. The van der Waals surface area contributed by atoms with Crippen molar-refractivity contribution in [3.05, 3.63) is 100 Å². The first-order chi connectivity index (χ1) is 20.6. The molecule has 0 radical (unpaired) electrons. The monoisotopic (exact) mass is 666 g/mol. The van der Waals surface area contributed by atoms with E-state index in [1.54, 1.807) is 56.3 Å². The van der Waals surface area contributed by atoms with Crippen LogP contribution in [0.3, 0.4) is 0 Å². The quantitative estimate of drug-likeness (QED) is 0.264. The van der Waals surface area contributed by atoms with Gasteiger partial charge in [-0.25, -0.2) is 14.6 Å². The average Bonchev–Trinajstić information content (AvgIpc) is 3.56. The summed E-state index contributed by atoms with van der Waals surface area (Å²) in [5, 5.41) is 9.41. The third-order valence-corrected chi connectivity index (χ3v) is 8.63. The van der Waals surface area contributed by atoms with Crippen molar-refractivity contribution in [2.45, 2.75) is 26.8 Å². The molecule has 3 heterocycles. The summed E-state index contributed by atoms with van der Waals surface area (Å²) in [4.78, 5) is 43.7. The van der Waals surface area contributed by atoms with E-state index in [2.05, 4.69) is 20.9 Å². The van der Waals surface area contributed by atoms with Gasteiger partial charge in [0.15, 0.2) is 16.3 Å². The van der Waals surface area contributed by atoms with Crippen LogP contribution in [0.1, 0.15) is 47.1 Å². The van der Waals surface area contributed by atoms with Crippen molar-refractivity contribution in [3.63, 3.8) is 0 Å². The molecule has 0 bridgehead atoms. The largest absolute Gasteiger partial charge is 0.493 e. The maximum atomic E-state index is 14.0. The average molecular weight is 668 g/mol. The van der Waals surface area contributed by atoms with E-state index < -0.39 is 18.0 Å². The Morgan fingerprint density at radius 1 is 1.12 bits per heavy atom. The number of hydrogen-bond donors (Lipinski definition) is 1. The van der Waals surface area contributed by atoms with Crippen molar-refractivity contribution >= 4 is 45.3 Å². The molecule has 5 rings (SSSR count). The number of carbonyl (C=O) groups is 2. The van der Waals surface area contributed by atoms with Crippen molar-refractivity contribution in [1.82, 2.24) is 4.57 Å². The number of rotatable bonds is 8. The van der Waals surface area contributed by atoms with Crippen molar-refractivity contribution in [3.8, 4) is 22.8 Å². The van der Waals surface area contributed by atoms with E-state index in [0.717, 1.165) is 16.9 Å². The molecule has 0 fully saturated rings. The van der Waals surface area contributed by atoms with Gasteiger partial charge in [-0.05, 0) is 68.3 Å². The molecule has 4 aromatic rings. The zero-order valence-electron chi connectivity index (χ0n) is 23.9. The number of benzene rings is 2. The van der Waals surface area contributed by atoms with Crippen LogP contribution in [0, 0.1) is 6.92 Å². The molecule has 10 nitrogen and oxygen atoms in total. The van der Waals surface area contributed by atoms with Gasteiger partial charge in [-0.15, -0.1) is 0 Å². The highest BCUT2D eigenvalue weighted by molar-refractivity contribution is 9.10. The summed E-state index contributed by atoms with van der Waals surface area (Å²) >= 11 is 4.75. The molecule has 0 aliphatic carbocycles. The van der Waals surface area contributed by atoms with Crippen molar-refractivity contribution in [2.75, 3.05) is 20.8 Å². The second-order valence-corrected chi connectivity index (χ2v) is 11.4. The maximum absolute atomic E-state index is 14.0. The van der Waals surface area contributed by atoms with Crippen LogP contribution in [0.25, 0.3) is 17.4 Å². The van der Waals surface area contributed by atoms with Gasteiger partial charge < -0.3 is 23.7 Å². The van der Waals surface area contributed by atoms with Crippen molar-refractivity contribution < 1.29 is 33.3 Å². The molecule has 1 aliphatic rings. The van der Waals surface area contributed by atoms with Crippen LogP contribution in [-0.4, -0.2) is 42.4 Å². The van der Waals surface area contributed by atoms with E-state index in [9.17, 15) is 19.5 Å². The summed E-state index contributed by atoms with van der Waals surface area (Å²) in [6.45, 7) is 5.42. The lowest BCUT2D eigenvalue weighted by Crippen LogP contribution is -2.40. The highest BCUT2D eigenvalue weighted by atomic mass is 79.9. The molecule has 2 aromatic heterocycles. The number of aryl methyl sites for hydroxylation is 1. The fourth-order valence-corrected chi connectivity index (χ4v) is 6.46. The Morgan fingerprint density at radius 2 is 1.84 bits per heavy atom. The fraction of sp³-hybridized carbons (Fsp3) is 0.226. The van der Waals surface area contributed by atoms with Gasteiger partial charge in [-0.3, -0.25) is 9.36 Å². The fourth-order valence-electron chi connectivity index (χ4n) is 4.89. The number of aromatic nitrogens is 1. The van der Waals surface area contributed by atoms with E-state index in [1.165, 1.54) is 24.9 Å². The smallest absolute Gasteiger partial charge is 0.338 e. The molecule has 2 aromatic carbocycles. The zero-order chi connectivity index (χ0) is 31.0. The molecule has 43 heavy (non-hydrogen) atoms. The highest BCUT2D eigenvalue weighted by Crippen LogP contribution is 2.40. The SMILES string of the molecule is CCOC(=O)C1=C(C)N=c2s/c(=C\c3ccc(-c4cc(C(=O)O)ccc4C)o3)c(=O)n2[C@H]1c1cc(OC)c(OC)cc1Br. The van der Waals surface area contributed by atoms with Gasteiger partial charge in [0.2, 0.25) is 0 Å². The van der Waals surface area contributed by atoms with Gasteiger partial charge in [-0.1, -0.05) is 33.3 Å². The van der Waals surface area contributed by atoms with Crippen LogP contribution in [0.2, 0.25) is 0 Å². The Balaban J connectivity index is 1.67. The molecule has 222 valence electrons. The van der Waals surface area contributed by atoms with E-state index in [4.69, 9.17) is 18.6 Å². The number of esters is 1. The number of thiazole rings is 1. The van der Waals surface area contributed by atoms with Gasteiger partial charge in [0.05, 0.1) is 48.2 Å². The summed E-state index contributed by atoms with van der Waals surface area (Å²) in [5.41, 5.74) is 2.46. The number of fused-ring (bicyclic) bond motifs is 1. The Hall–Kier alpha value is -4.42. The lowest BCUT2D eigenvalue weighted by atomic mass is 9.95. The molecule has 0 saturated heterocycles. The standard InChI is InChI=1S/C31H27BrN2O8S/c1-6-41-30(38)26-16(3)33-31-34(27(26)20-13-23(39-4)24(40-5)14-21(20)32)28(35)25(43-31)12-18-9-10-22(42-18)19-11-17(29(36)37)8-7-15(19)2/h7-14,27H,6H2,1-5H3,(H,36,37)/b25-12-/t27-/m0/s1. The minimum Gasteiger partial charge on any atom is -0.493 e. The van der Waals surface area contributed by atoms with Crippen molar-refractivity contribution in [2.24, 2.45) is 4.99 Å². The normalized spacial score (nSPS) is 14.7. The van der Waals surface area contributed by atoms with E-state index in [0.29, 0.717) is 53.6 Å². The summed E-state index contributed by atoms with van der Waals surface area (Å²) in [6, 6.07) is 10.8. The molecule has 1 atom stereocenters. The van der Waals surface area contributed by atoms with E-state index >= 15 is 0 Å². The first-order valence-corrected chi connectivity index (χ1v) is 14.7. The van der Waals surface area contributed by atoms with Gasteiger partial charge in [0.25, 0.3) is 5.56 Å². The van der Waals surface area contributed by atoms with Crippen molar-refractivity contribution in [1.29, 1.82) is 0 Å². The molecule has 12 heteroatoms. The second-order valence-electron chi connectivity index (χ2n) is 9.57. The summed E-state index contributed by atoms with van der Waals surface area (Å²) in [7, 11) is 3.02. The number of furan rings is 1. The zero-order valence-corrected chi connectivity index (χ0v) is 26.3. The van der Waals surface area contributed by atoms with Gasteiger partial charge in [-0.2, -0.15) is 0 Å². The molecule has 0 unspecified atom stereocenters. The Kier molecular flexibility index (Phi) is 8.43. The first-order valence-electron chi connectivity index (χ1n) is 13.1. The van der Waals surface area contributed by atoms with Crippen LogP contribution >= 0.6 is 27.3 Å². The molecular weight excluding hydrogens is 640 g/mol. The molecule has 1 aliphatic heterocycles. The minimum atomic E-state index is -1.04. The third-order valence-electron chi connectivity index (χ3n) is 6.96. The molecular formula is C31H27BrN2O8S. The van der Waals surface area contributed by atoms with Crippen LogP contribution in [0.4, 0.5) is 0 Å². The topological polar surface area (TPSA) is 130 Å². The molecule has 0 spiro atoms. The lowest BCUT2D eigenvalue weighted by Gasteiger charge is -2.26. The molecule has 1 N–H and O–H groups in total. The number of methoxy groups -OCH3 is 2. The number of nitrogens with zero attached hydrogens (tertiary/aromatic N) is 2. The molecule has 0 saturated carbocycles. The van der Waals surface area contributed by atoms with Crippen LogP contribution in [-0.2, 0) is 9.53 Å². The van der Waals surface area contributed by atoms with Crippen LogP contribution < -0.4 is 24.4 Å². The number of carboxylic acid groups (broad SMARTS) is 1. The minimum absolute atomic E-state index is 0.140. The summed E-state index contributed by atoms with van der Waals surface area (Å²) in [6.07, 6.45) is 1.60. The first kappa shape index (κ1) is 30.1. The lowest BCUT2D eigenvalue weighted by molar-refractivity contribution is -0.139.